The topological polar surface area (TPSA) is 135 Å². The number of hydrogen-bond acceptors (Lipinski definition) is 6. The third-order valence-electron chi connectivity index (χ3n) is 5.42. The van der Waals surface area contributed by atoms with Crippen molar-refractivity contribution < 1.29 is 14.5 Å². The number of amides is 3. The predicted molar refractivity (Wildman–Crippen MR) is 120 cm³/mol. The molecule has 11 heteroatoms. The number of benzene rings is 2. The quantitative estimate of drug-likeness (QED) is 0.439. The Bertz CT molecular complexity index is 1200. The van der Waals surface area contributed by atoms with Crippen LogP contribution in [0.4, 0.5) is 16.2 Å². The van der Waals surface area contributed by atoms with E-state index in [1.54, 1.807) is 36.1 Å². The van der Waals surface area contributed by atoms with Crippen LogP contribution in [-0.2, 0) is 6.54 Å². The van der Waals surface area contributed by atoms with E-state index in [4.69, 9.17) is 0 Å². The van der Waals surface area contributed by atoms with Crippen LogP contribution in [0.2, 0.25) is 0 Å². The Hall–Kier alpha value is -4.28. The van der Waals surface area contributed by atoms with E-state index in [1.165, 1.54) is 16.8 Å². The fraction of sp³-hybridized carbons (Fsp3) is 0.273. The number of hydrogen-bond donors (Lipinski definition) is 2. The molecule has 3 aromatic rings. The minimum atomic E-state index is -0.495. The Morgan fingerprint density at radius 2 is 1.88 bits per heavy atom. The highest BCUT2D eigenvalue weighted by Crippen LogP contribution is 2.19. The average Bonchev–Trinajstić information content (AvgIpc) is 3.48. The first-order chi connectivity index (χ1) is 15.9. The molecule has 4 rings (SSSR count). The molecule has 33 heavy (non-hydrogen) atoms. The smallest absolute Gasteiger partial charge is 0.321 e. The van der Waals surface area contributed by atoms with Gasteiger partial charge >= 0.3 is 6.03 Å². The number of nitrogens with zero attached hydrogens (tertiary/aromatic N) is 5. The van der Waals surface area contributed by atoms with Crippen molar-refractivity contribution in [2.45, 2.75) is 26.3 Å². The summed E-state index contributed by atoms with van der Waals surface area (Å²) in [6, 6.07) is 13.1. The van der Waals surface area contributed by atoms with Crippen LogP contribution in [0.1, 0.15) is 34.6 Å². The highest BCUT2D eigenvalue weighted by Gasteiger charge is 2.19. The average molecular weight is 449 g/mol. The molecule has 2 heterocycles. The summed E-state index contributed by atoms with van der Waals surface area (Å²) in [7, 11) is 0. The van der Waals surface area contributed by atoms with Gasteiger partial charge in [0.25, 0.3) is 11.6 Å². The molecule has 0 radical (unpaired) electrons. The van der Waals surface area contributed by atoms with E-state index in [9.17, 15) is 19.7 Å². The number of rotatable bonds is 6. The molecular weight excluding hydrogens is 426 g/mol. The summed E-state index contributed by atoms with van der Waals surface area (Å²) in [6.45, 7) is 3.42. The predicted octanol–water partition coefficient (Wildman–Crippen LogP) is 3.04. The zero-order chi connectivity index (χ0) is 23.4. The lowest BCUT2D eigenvalue weighted by Gasteiger charge is -2.16. The zero-order valence-corrected chi connectivity index (χ0v) is 18.0. The number of non-ortho nitro benzene ring substituents is 1. The van der Waals surface area contributed by atoms with Crippen LogP contribution in [0.25, 0.3) is 5.69 Å². The van der Waals surface area contributed by atoms with Crippen molar-refractivity contribution in [2.24, 2.45) is 0 Å². The lowest BCUT2D eigenvalue weighted by molar-refractivity contribution is -0.384. The van der Waals surface area contributed by atoms with Gasteiger partial charge in [0.1, 0.15) is 0 Å². The normalized spacial score (nSPS) is 13.1. The molecule has 0 aliphatic carbocycles. The fourth-order valence-corrected chi connectivity index (χ4v) is 3.67. The molecular formula is C22H23N7O4. The maximum Gasteiger partial charge on any atom is 0.321 e. The Kier molecular flexibility index (Phi) is 6.29. The number of carbonyl (C=O) groups excluding carboxylic acids is 2. The van der Waals surface area contributed by atoms with E-state index in [-0.39, 0.29) is 24.0 Å². The molecule has 0 bridgehead atoms. The summed E-state index contributed by atoms with van der Waals surface area (Å²) in [5.41, 5.74) is 2.41. The minimum absolute atomic E-state index is 0.0786. The van der Waals surface area contributed by atoms with Crippen LogP contribution in [0.15, 0.2) is 48.5 Å². The van der Waals surface area contributed by atoms with Crippen LogP contribution in [0, 0.1) is 17.0 Å². The molecule has 0 atom stereocenters. The number of carbonyl (C=O) groups is 2. The van der Waals surface area contributed by atoms with Gasteiger partial charge in [0, 0.05) is 37.5 Å². The van der Waals surface area contributed by atoms with Gasteiger partial charge in [-0.3, -0.25) is 14.9 Å². The lowest BCUT2D eigenvalue weighted by Crippen LogP contribution is -2.32. The second-order valence-corrected chi connectivity index (χ2v) is 7.72. The van der Waals surface area contributed by atoms with Crippen molar-refractivity contribution >= 4 is 23.3 Å². The van der Waals surface area contributed by atoms with Crippen molar-refractivity contribution in [3.05, 3.63) is 75.6 Å². The third-order valence-corrected chi connectivity index (χ3v) is 5.42. The summed E-state index contributed by atoms with van der Waals surface area (Å²) < 4.78 is 1.39. The lowest BCUT2D eigenvalue weighted by atomic mass is 10.2. The molecule has 2 N–H and O–H groups in total. The molecule has 1 aliphatic rings. The summed E-state index contributed by atoms with van der Waals surface area (Å²) in [5.74, 6) is -0.421. The number of nitro benzene ring substituents is 1. The molecule has 3 amide bonds. The fourth-order valence-electron chi connectivity index (χ4n) is 3.67. The first-order valence-corrected chi connectivity index (χ1v) is 10.5. The molecule has 2 aromatic carbocycles. The molecule has 1 aromatic heterocycles. The Morgan fingerprint density at radius 1 is 1.12 bits per heavy atom. The number of likely N-dealkylation sites (tertiary alicyclic amines) is 1. The summed E-state index contributed by atoms with van der Waals surface area (Å²) >= 11 is 0. The van der Waals surface area contributed by atoms with Crippen LogP contribution in [-0.4, -0.2) is 49.8 Å². The van der Waals surface area contributed by atoms with Crippen LogP contribution in [0.3, 0.4) is 0 Å². The van der Waals surface area contributed by atoms with Gasteiger partial charge in [0.2, 0.25) is 0 Å². The first-order valence-electron chi connectivity index (χ1n) is 10.5. The van der Waals surface area contributed by atoms with E-state index in [0.29, 0.717) is 17.1 Å². The van der Waals surface area contributed by atoms with Crippen LogP contribution < -0.4 is 10.6 Å². The highest BCUT2D eigenvalue weighted by atomic mass is 16.6. The first kappa shape index (κ1) is 21.9. The number of nitro groups is 1. The Labute approximate surface area is 189 Å². The highest BCUT2D eigenvalue weighted by molar-refractivity contribution is 5.93. The monoisotopic (exact) mass is 449 g/mol. The summed E-state index contributed by atoms with van der Waals surface area (Å²) in [5, 5.41) is 24.6. The van der Waals surface area contributed by atoms with Crippen molar-refractivity contribution in [1.29, 1.82) is 0 Å². The summed E-state index contributed by atoms with van der Waals surface area (Å²) in [4.78, 5) is 37.3. The summed E-state index contributed by atoms with van der Waals surface area (Å²) in [6.07, 6.45) is 2.04. The van der Waals surface area contributed by atoms with Gasteiger partial charge in [-0.25, -0.2) is 9.48 Å². The molecule has 11 nitrogen and oxygen atoms in total. The van der Waals surface area contributed by atoms with E-state index in [1.807, 2.05) is 12.1 Å². The van der Waals surface area contributed by atoms with Gasteiger partial charge in [-0.1, -0.05) is 23.4 Å². The van der Waals surface area contributed by atoms with Crippen molar-refractivity contribution in [2.75, 3.05) is 18.4 Å². The molecule has 1 fully saturated rings. The Morgan fingerprint density at radius 3 is 2.64 bits per heavy atom. The van der Waals surface area contributed by atoms with Gasteiger partial charge in [-0.2, -0.15) is 0 Å². The molecule has 0 unspecified atom stereocenters. The van der Waals surface area contributed by atoms with E-state index >= 15 is 0 Å². The second kappa shape index (κ2) is 9.47. The zero-order valence-electron chi connectivity index (χ0n) is 18.0. The maximum absolute atomic E-state index is 12.7. The number of urea groups is 1. The Balaban J connectivity index is 1.41. The molecule has 1 aliphatic heterocycles. The van der Waals surface area contributed by atoms with E-state index in [0.717, 1.165) is 31.5 Å². The maximum atomic E-state index is 12.7. The second-order valence-electron chi connectivity index (χ2n) is 7.72. The van der Waals surface area contributed by atoms with Gasteiger partial charge < -0.3 is 15.5 Å². The number of anilines is 1. The van der Waals surface area contributed by atoms with Gasteiger partial charge in [-0.15, -0.1) is 5.10 Å². The largest absolute Gasteiger partial charge is 0.347 e. The molecule has 0 saturated carbocycles. The van der Waals surface area contributed by atoms with Crippen molar-refractivity contribution in [3.8, 4) is 5.69 Å². The number of aromatic nitrogens is 3. The molecule has 170 valence electrons. The van der Waals surface area contributed by atoms with Gasteiger partial charge in [-0.05, 0) is 43.5 Å². The SMILES string of the molecule is Cc1c(C(=O)NCc2cccc(NC(=O)N3CCCC3)c2)nnn1-c1cccc([N+](=O)[O-])c1. The van der Waals surface area contributed by atoms with E-state index < -0.39 is 10.8 Å². The molecule has 0 spiro atoms. The standard InChI is InChI=1S/C22H23N7O4/c1-15-20(25-26-28(15)18-8-5-9-19(13-18)29(32)33)21(30)23-14-16-6-4-7-17(12-16)24-22(31)27-10-2-3-11-27/h4-9,12-13H,2-3,10-11,14H2,1H3,(H,23,30)(H,24,31). The van der Waals surface area contributed by atoms with Crippen molar-refractivity contribution in [3.63, 3.8) is 0 Å². The van der Waals surface area contributed by atoms with Gasteiger partial charge in [0.05, 0.1) is 16.3 Å². The minimum Gasteiger partial charge on any atom is -0.347 e. The van der Waals surface area contributed by atoms with E-state index in [2.05, 4.69) is 20.9 Å². The van der Waals surface area contributed by atoms with Crippen LogP contribution in [0.5, 0.6) is 0 Å². The number of nitrogens with one attached hydrogen (secondary N) is 2. The van der Waals surface area contributed by atoms with Crippen LogP contribution >= 0.6 is 0 Å². The van der Waals surface area contributed by atoms with Crippen molar-refractivity contribution in [1.82, 2.24) is 25.2 Å². The molecule has 1 saturated heterocycles. The third kappa shape index (κ3) is 4.97. The van der Waals surface area contributed by atoms with Gasteiger partial charge in [0.15, 0.2) is 5.69 Å².